The lowest BCUT2D eigenvalue weighted by atomic mass is 10.1. The Morgan fingerprint density at radius 2 is 1.49 bits per heavy atom. The van der Waals surface area contributed by atoms with Gasteiger partial charge in [0.1, 0.15) is 11.5 Å². The van der Waals surface area contributed by atoms with E-state index >= 15 is 0 Å². The molecule has 3 aromatic carbocycles. The fourth-order valence-electron chi connectivity index (χ4n) is 3.75. The van der Waals surface area contributed by atoms with Gasteiger partial charge in [-0.25, -0.2) is 4.21 Å². The molecule has 222 valence electrons. The number of anilines is 1. The van der Waals surface area contributed by atoms with E-state index < -0.39 is 22.2 Å². The van der Waals surface area contributed by atoms with Crippen molar-refractivity contribution in [3.8, 4) is 17.2 Å². The van der Waals surface area contributed by atoms with Gasteiger partial charge in [-0.1, -0.05) is 79.3 Å². The van der Waals surface area contributed by atoms with E-state index in [-0.39, 0.29) is 45.0 Å². The second kappa shape index (κ2) is 15.7. The number of carbonyl (C=O) groups excluding carboxylic acids is 2. The molecule has 1 amide bonds. The number of aromatic hydroxyl groups is 2. The Hall–Kier alpha value is -2.49. The number of nitrogens with one attached hydrogen (secondary N) is 1. The van der Waals surface area contributed by atoms with Gasteiger partial charge in [-0.2, -0.15) is 0 Å². The van der Waals surface area contributed by atoms with Gasteiger partial charge < -0.3 is 19.7 Å². The van der Waals surface area contributed by atoms with E-state index in [2.05, 4.69) is 5.32 Å². The van der Waals surface area contributed by atoms with Gasteiger partial charge >= 0.3 is 0 Å². The average molecular weight is 663 g/mol. The van der Waals surface area contributed by atoms with Crippen molar-refractivity contribution >= 4 is 74.9 Å². The molecule has 0 heterocycles. The quantitative estimate of drug-likeness (QED) is 0.156. The fraction of sp³-hybridized carbons (Fsp3) is 0.310. The second-order valence-electron chi connectivity index (χ2n) is 8.90. The van der Waals surface area contributed by atoms with E-state index in [9.17, 15) is 24.0 Å². The minimum absolute atomic E-state index is 0.0678. The van der Waals surface area contributed by atoms with Crippen molar-refractivity contribution in [3.63, 3.8) is 0 Å². The van der Waals surface area contributed by atoms with Crippen molar-refractivity contribution in [3.05, 3.63) is 78.7 Å². The molecule has 3 N–H and O–H groups in total. The summed E-state index contributed by atoms with van der Waals surface area (Å²) in [4.78, 5) is 23.7. The van der Waals surface area contributed by atoms with Gasteiger partial charge in [-0.05, 0) is 74.1 Å². The molecule has 12 heteroatoms. The number of phenolic OH excluding ortho intramolecular Hbond substituents is 2. The summed E-state index contributed by atoms with van der Waals surface area (Å²) in [5.74, 6) is -0.850. The van der Waals surface area contributed by atoms with E-state index in [0.717, 1.165) is 5.56 Å². The molecule has 0 aromatic heterocycles. The Kier molecular flexibility index (Phi) is 13.3. The highest BCUT2D eigenvalue weighted by Gasteiger charge is 2.27. The smallest absolute Gasteiger partial charge is 0.243 e. The minimum atomic E-state index is -1.90. The van der Waals surface area contributed by atoms with Crippen molar-refractivity contribution in [2.24, 2.45) is 0 Å². The van der Waals surface area contributed by atoms with Crippen molar-refractivity contribution in [2.45, 2.75) is 59.1 Å². The van der Waals surface area contributed by atoms with Crippen molar-refractivity contribution in [2.75, 3.05) is 5.32 Å². The molecule has 41 heavy (non-hydrogen) atoms. The molecule has 2 atom stereocenters. The van der Waals surface area contributed by atoms with E-state index in [4.69, 9.17) is 50.6 Å². The maximum absolute atomic E-state index is 12.6. The number of hydrogen-bond donors (Lipinski definition) is 3. The van der Waals surface area contributed by atoms with Crippen LogP contribution in [0, 0.1) is 6.92 Å². The molecule has 0 spiro atoms. The Balaban J connectivity index is 0.000000353. The maximum atomic E-state index is 12.6. The lowest BCUT2D eigenvalue weighted by molar-refractivity contribution is -0.115. The van der Waals surface area contributed by atoms with Crippen LogP contribution < -0.4 is 9.50 Å². The molecule has 0 aliphatic heterocycles. The molecule has 3 aromatic rings. The largest absolute Gasteiger partial charge is 0.506 e. The Bertz CT molecular complexity index is 1460. The first-order valence-electron chi connectivity index (χ1n) is 12.6. The van der Waals surface area contributed by atoms with Crippen LogP contribution in [0.25, 0.3) is 0 Å². The third-order valence-corrected chi connectivity index (χ3v) is 8.84. The zero-order chi connectivity index (χ0) is 31.0. The van der Waals surface area contributed by atoms with Crippen molar-refractivity contribution < 1.29 is 28.2 Å². The van der Waals surface area contributed by atoms with Gasteiger partial charge in [0.2, 0.25) is 17.0 Å². The normalized spacial score (nSPS) is 12.1. The van der Waals surface area contributed by atoms with E-state index in [0.29, 0.717) is 39.8 Å². The first-order chi connectivity index (χ1) is 19.3. The summed E-state index contributed by atoms with van der Waals surface area (Å²) >= 11 is 22.1. The van der Waals surface area contributed by atoms with E-state index in [1.807, 2.05) is 26.8 Å². The Morgan fingerprint density at radius 1 is 0.927 bits per heavy atom. The summed E-state index contributed by atoms with van der Waals surface area (Å²) in [5.41, 5.74) is 2.44. The van der Waals surface area contributed by atoms with Crippen LogP contribution in [-0.4, -0.2) is 31.4 Å². The van der Waals surface area contributed by atoms with Crippen LogP contribution in [0.3, 0.4) is 0 Å². The molecule has 0 saturated carbocycles. The summed E-state index contributed by atoms with van der Waals surface area (Å²) in [6.07, 6.45) is 1.42. The van der Waals surface area contributed by atoms with Crippen molar-refractivity contribution in [1.82, 2.24) is 0 Å². The highest BCUT2D eigenvalue weighted by Crippen LogP contribution is 2.40. The van der Waals surface area contributed by atoms with Gasteiger partial charge in [-0.3, -0.25) is 9.59 Å². The molecule has 0 fully saturated rings. The predicted octanol–water partition coefficient (Wildman–Crippen LogP) is 8.49. The van der Waals surface area contributed by atoms with Crippen LogP contribution in [0.2, 0.25) is 20.1 Å². The fourth-order valence-corrected chi connectivity index (χ4v) is 6.11. The highest BCUT2D eigenvalue weighted by molar-refractivity contribution is 7.82. The molecule has 7 nitrogen and oxygen atoms in total. The number of ketones is 1. The average Bonchev–Trinajstić information content (AvgIpc) is 2.90. The van der Waals surface area contributed by atoms with Crippen LogP contribution in [0.15, 0.2) is 36.4 Å². The Labute approximate surface area is 262 Å². The Morgan fingerprint density at radius 3 is 2.00 bits per heavy atom. The standard InChI is InChI=1S/C19H21Cl2NO4S.C10H10Cl2O2/c1-4-13-14(20)10-15(18(23)17(13)21)22-19(24)16(5-2)27(25)26-12-8-6-7-11(3)9-12;1-3-6-8(11)4-7(5(2)13)10(14)9(6)12/h6-10,16,23H,4-5H2,1-3H3,(H,22,24);4,14H,3H2,1-2H3. The van der Waals surface area contributed by atoms with Gasteiger partial charge in [-0.15, -0.1) is 0 Å². The lowest BCUT2D eigenvalue weighted by Crippen LogP contribution is -2.33. The maximum Gasteiger partial charge on any atom is 0.243 e. The summed E-state index contributed by atoms with van der Waals surface area (Å²) < 4.78 is 17.9. The summed E-state index contributed by atoms with van der Waals surface area (Å²) in [6, 6.07) is 9.94. The SMILES string of the molecule is CCc1c(Cl)cc(C(C)=O)c(O)c1Cl.CCc1c(Cl)cc(NC(=O)C(CC)S(=O)Oc2cccc(C)c2)c(O)c1Cl. The van der Waals surface area contributed by atoms with Gasteiger partial charge in [0.05, 0.1) is 21.3 Å². The van der Waals surface area contributed by atoms with Crippen molar-refractivity contribution in [1.29, 1.82) is 0 Å². The van der Waals surface area contributed by atoms with Crippen LogP contribution in [0.4, 0.5) is 5.69 Å². The zero-order valence-corrected chi connectivity index (χ0v) is 27.0. The molecule has 0 bridgehead atoms. The van der Waals surface area contributed by atoms with E-state index in [1.165, 1.54) is 19.1 Å². The molecular formula is C29H31Cl4NO6S. The first-order valence-corrected chi connectivity index (χ1v) is 15.3. The van der Waals surface area contributed by atoms with Crippen LogP contribution in [-0.2, 0) is 28.7 Å². The monoisotopic (exact) mass is 661 g/mol. The number of rotatable bonds is 9. The number of halogens is 4. The number of hydrogen-bond acceptors (Lipinski definition) is 6. The molecular weight excluding hydrogens is 632 g/mol. The molecule has 0 saturated heterocycles. The lowest BCUT2D eigenvalue weighted by Gasteiger charge is -2.17. The van der Waals surface area contributed by atoms with E-state index in [1.54, 1.807) is 25.1 Å². The summed E-state index contributed by atoms with van der Waals surface area (Å²) in [7, 11) is 0. The molecule has 3 rings (SSSR count). The summed E-state index contributed by atoms with van der Waals surface area (Å²) in [5, 5.41) is 22.4. The second-order valence-corrected chi connectivity index (χ2v) is 11.7. The number of carbonyl (C=O) groups is 2. The topological polar surface area (TPSA) is 113 Å². The predicted molar refractivity (Wildman–Crippen MR) is 168 cm³/mol. The minimum Gasteiger partial charge on any atom is -0.506 e. The van der Waals surface area contributed by atoms with Gasteiger partial charge in [0.15, 0.2) is 16.8 Å². The number of Topliss-reactive ketones (excluding diaryl/α,β-unsaturated/α-hetero) is 1. The number of amides is 1. The number of benzene rings is 3. The molecule has 0 aliphatic rings. The first kappa shape index (κ1) is 34.7. The number of phenols is 2. The highest BCUT2D eigenvalue weighted by atomic mass is 35.5. The summed E-state index contributed by atoms with van der Waals surface area (Å²) in [6.45, 7) is 8.69. The third-order valence-electron chi connectivity index (χ3n) is 5.98. The van der Waals surface area contributed by atoms with Gasteiger partial charge in [0, 0.05) is 10.0 Å². The van der Waals surface area contributed by atoms with Crippen LogP contribution in [0.5, 0.6) is 17.2 Å². The zero-order valence-electron chi connectivity index (χ0n) is 23.1. The molecule has 0 radical (unpaired) electrons. The number of aryl methyl sites for hydroxylation is 1. The van der Waals surface area contributed by atoms with Crippen LogP contribution in [0.1, 0.15) is 61.2 Å². The molecule has 0 aliphatic carbocycles. The molecule has 2 unspecified atom stereocenters. The van der Waals surface area contributed by atoms with Gasteiger partial charge in [0.25, 0.3) is 0 Å². The third kappa shape index (κ3) is 8.75. The van der Waals surface area contributed by atoms with Crippen LogP contribution >= 0.6 is 46.4 Å².